The molecule has 2 aromatic heterocycles. The van der Waals surface area contributed by atoms with Gasteiger partial charge in [0, 0.05) is 12.4 Å². The highest BCUT2D eigenvalue weighted by molar-refractivity contribution is 9.10. The second-order valence-electron chi connectivity index (χ2n) is 3.56. The van der Waals surface area contributed by atoms with Gasteiger partial charge in [-0.05, 0) is 47.1 Å². The van der Waals surface area contributed by atoms with Gasteiger partial charge in [0.25, 0.3) is 10.0 Å². The van der Waals surface area contributed by atoms with E-state index in [1.807, 2.05) is 0 Å². The molecule has 0 aliphatic heterocycles. The maximum atomic E-state index is 12.0. The molecule has 0 aliphatic rings. The average molecular weight is 328 g/mol. The molecule has 94 valence electrons. The van der Waals surface area contributed by atoms with E-state index < -0.39 is 10.0 Å². The van der Waals surface area contributed by atoms with E-state index in [1.54, 1.807) is 25.1 Å². The van der Waals surface area contributed by atoms with Crippen LogP contribution in [0.2, 0.25) is 0 Å². The van der Waals surface area contributed by atoms with Gasteiger partial charge in [0.1, 0.15) is 9.50 Å². The molecule has 0 aromatic carbocycles. The molecular formula is C11H10BrN3O2S. The number of nitrogens with zero attached hydrogens (tertiary/aromatic N) is 2. The number of hydrogen-bond donors (Lipinski definition) is 1. The van der Waals surface area contributed by atoms with Crippen LogP contribution in [0.1, 0.15) is 5.69 Å². The van der Waals surface area contributed by atoms with Gasteiger partial charge < -0.3 is 0 Å². The molecule has 5 nitrogen and oxygen atoms in total. The monoisotopic (exact) mass is 327 g/mol. The van der Waals surface area contributed by atoms with E-state index in [0.29, 0.717) is 16.0 Å². The topological polar surface area (TPSA) is 72.0 Å². The first-order chi connectivity index (χ1) is 8.49. The Bertz CT molecular complexity index is 659. The van der Waals surface area contributed by atoms with Crippen molar-refractivity contribution in [1.82, 2.24) is 9.97 Å². The van der Waals surface area contributed by atoms with Gasteiger partial charge in [0.05, 0.1) is 11.4 Å². The summed E-state index contributed by atoms with van der Waals surface area (Å²) in [6.07, 6.45) is 2.81. The molecule has 2 rings (SSSR count). The van der Waals surface area contributed by atoms with Crippen LogP contribution in [-0.2, 0) is 10.0 Å². The lowest BCUT2D eigenvalue weighted by Gasteiger charge is -2.09. The van der Waals surface area contributed by atoms with Crippen molar-refractivity contribution in [2.24, 2.45) is 0 Å². The summed E-state index contributed by atoms with van der Waals surface area (Å²) in [6.45, 7) is 1.73. The molecule has 2 heterocycles. The number of hydrogen-bond acceptors (Lipinski definition) is 4. The van der Waals surface area contributed by atoms with Gasteiger partial charge in [-0.3, -0.25) is 9.71 Å². The van der Waals surface area contributed by atoms with Crippen LogP contribution in [-0.4, -0.2) is 18.4 Å². The van der Waals surface area contributed by atoms with Crippen LogP contribution < -0.4 is 4.72 Å². The predicted octanol–water partition coefficient (Wildman–Crippen LogP) is 2.35. The van der Waals surface area contributed by atoms with Crippen molar-refractivity contribution in [2.75, 3.05) is 4.72 Å². The van der Waals surface area contributed by atoms with Crippen LogP contribution in [0.15, 0.2) is 46.2 Å². The van der Waals surface area contributed by atoms with E-state index in [2.05, 4.69) is 30.6 Å². The van der Waals surface area contributed by atoms with Crippen LogP contribution >= 0.6 is 15.9 Å². The van der Waals surface area contributed by atoms with Gasteiger partial charge in [-0.1, -0.05) is 0 Å². The predicted molar refractivity (Wildman–Crippen MR) is 71.7 cm³/mol. The Labute approximate surface area is 113 Å². The fraction of sp³-hybridized carbons (Fsp3) is 0.0909. The molecule has 0 amide bonds. The van der Waals surface area contributed by atoms with Gasteiger partial charge in [-0.15, -0.1) is 0 Å². The fourth-order valence-corrected chi connectivity index (χ4v) is 2.83. The number of anilines is 1. The van der Waals surface area contributed by atoms with Crippen molar-refractivity contribution in [3.05, 3.63) is 47.0 Å². The van der Waals surface area contributed by atoms with E-state index in [9.17, 15) is 8.42 Å². The summed E-state index contributed by atoms with van der Waals surface area (Å²) < 4.78 is 27.2. The number of sulfonamides is 1. The molecule has 0 atom stereocenters. The molecular weight excluding hydrogens is 318 g/mol. The molecule has 0 saturated carbocycles. The second kappa shape index (κ2) is 5.03. The molecule has 0 spiro atoms. The number of nitrogens with one attached hydrogen (secondary N) is 1. The molecule has 0 aliphatic carbocycles. The molecule has 0 saturated heterocycles. The summed E-state index contributed by atoms with van der Waals surface area (Å²) in [5.41, 5.74) is 1.04. The van der Waals surface area contributed by atoms with Gasteiger partial charge in [-0.25, -0.2) is 13.4 Å². The Hall–Kier alpha value is -1.47. The van der Waals surface area contributed by atoms with Crippen molar-refractivity contribution in [3.8, 4) is 0 Å². The zero-order valence-corrected chi connectivity index (χ0v) is 11.9. The fourth-order valence-electron chi connectivity index (χ4n) is 1.35. The van der Waals surface area contributed by atoms with Crippen molar-refractivity contribution < 1.29 is 8.42 Å². The Morgan fingerprint density at radius 1 is 1.28 bits per heavy atom. The highest BCUT2D eigenvalue weighted by Crippen LogP contribution is 2.19. The molecule has 0 bridgehead atoms. The van der Waals surface area contributed by atoms with Crippen molar-refractivity contribution >= 4 is 31.6 Å². The number of halogens is 1. The number of aromatic nitrogens is 2. The highest BCUT2D eigenvalue weighted by Gasteiger charge is 2.15. The van der Waals surface area contributed by atoms with Gasteiger partial charge in [0.15, 0.2) is 0 Å². The lowest BCUT2D eigenvalue weighted by atomic mass is 10.3. The molecule has 0 fully saturated rings. The maximum Gasteiger partial charge on any atom is 0.263 e. The van der Waals surface area contributed by atoms with Crippen molar-refractivity contribution in [2.45, 2.75) is 11.8 Å². The third-order valence-corrected chi connectivity index (χ3v) is 4.03. The largest absolute Gasteiger partial charge is 0.278 e. The van der Waals surface area contributed by atoms with Crippen LogP contribution in [0.5, 0.6) is 0 Å². The summed E-state index contributed by atoms with van der Waals surface area (Å²) in [5, 5.41) is 0. The van der Waals surface area contributed by atoms with E-state index >= 15 is 0 Å². The maximum absolute atomic E-state index is 12.0. The number of rotatable bonds is 3. The van der Waals surface area contributed by atoms with Crippen molar-refractivity contribution in [3.63, 3.8) is 0 Å². The number of pyridine rings is 2. The highest BCUT2D eigenvalue weighted by atomic mass is 79.9. The molecule has 2 aromatic rings. The van der Waals surface area contributed by atoms with E-state index in [0.717, 1.165) is 0 Å². The zero-order valence-electron chi connectivity index (χ0n) is 9.46. The summed E-state index contributed by atoms with van der Waals surface area (Å²) in [4.78, 5) is 8.03. The van der Waals surface area contributed by atoms with Gasteiger partial charge in [-0.2, -0.15) is 0 Å². The first kappa shape index (κ1) is 13.0. The third-order valence-electron chi connectivity index (χ3n) is 2.24. The SMILES string of the molecule is Cc1nc(Br)ccc1NS(=O)(=O)c1cccnc1. The van der Waals surface area contributed by atoms with Gasteiger partial charge in [0.2, 0.25) is 0 Å². The quantitative estimate of drug-likeness (QED) is 0.878. The molecule has 7 heteroatoms. The van der Waals surface area contributed by atoms with E-state index in [4.69, 9.17) is 0 Å². The van der Waals surface area contributed by atoms with Gasteiger partial charge >= 0.3 is 0 Å². The second-order valence-corrected chi connectivity index (χ2v) is 6.06. The third kappa shape index (κ3) is 2.85. The Balaban J connectivity index is 2.34. The van der Waals surface area contributed by atoms with Crippen LogP contribution in [0, 0.1) is 6.92 Å². The normalized spacial score (nSPS) is 11.2. The molecule has 0 unspecified atom stereocenters. The van der Waals surface area contributed by atoms with Crippen LogP contribution in [0.3, 0.4) is 0 Å². The van der Waals surface area contributed by atoms with E-state index in [1.165, 1.54) is 18.5 Å². The van der Waals surface area contributed by atoms with Crippen LogP contribution in [0.25, 0.3) is 0 Å². The summed E-state index contributed by atoms with van der Waals surface area (Å²) in [6, 6.07) is 6.38. The molecule has 0 radical (unpaired) electrons. The average Bonchev–Trinajstić information content (AvgIpc) is 2.34. The first-order valence-corrected chi connectivity index (χ1v) is 7.33. The minimum Gasteiger partial charge on any atom is -0.278 e. The Kier molecular flexibility index (Phi) is 3.63. The Morgan fingerprint density at radius 2 is 2.06 bits per heavy atom. The zero-order chi connectivity index (χ0) is 13.2. The summed E-state index contributed by atoms with van der Waals surface area (Å²) in [7, 11) is -3.62. The summed E-state index contributed by atoms with van der Waals surface area (Å²) >= 11 is 3.22. The van der Waals surface area contributed by atoms with Crippen molar-refractivity contribution in [1.29, 1.82) is 0 Å². The minimum absolute atomic E-state index is 0.118. The lowest BCUT2D eigenvalue weighted by Crippen LogP contribution is -2.14. The number of aryl methyl sites for hydroxylation is 1. The van der Waals surface area contributed by atoms with E-state index in [-0.39, 0.29) is 4.90 Å². The Morgan fingerprint density at radius 3 is 2.67 bits per heavy atom. The smallest absolute Gasteiger partial charge is 0.263 e. The first-order valence-electron chi connectivity index (χ1n) is 5.05. The standard InChI is InChI=1S/C11H10BrN3O2S/c1-8-10(4-5-11(12)14-8)15-18(16,17)9-3-2-6-13-7-9/h2-7,15H,1H3. The lowest BCUT2D eigenvalue weighted by molar-refractivity contribution is 0.600. The summed E-state index contributed by atoms with van der Waals surface area (Å²) in [5.74, 6) is 0. The van der Waals surface area contributed by atoms with Crippen LogP contribution in [0.4, 0.5) is 5.69 Å². The minimum atomic E-state index is -3.62. The molecule has 18 heavy (non-hydrogen) atoms. The molecule has 1 N–H and O–H groups in total.